The summed E-state index contributed by atoms with van der Waals surface area (Å²) in [6.45, 7) is 3.60. The number of rotatable bonds is 2. The van der Waals surface area contributed by atoms with Crippen molar-refractivity contribution in [1.29, 1.82) is 0 Å². The molecule has 1 aromatic heterocycles. The van der Waals surface area contributed by atoms with E-state index >= 15 is 0 Å². The molecule has 0 aliphatic carbocycles. The second-order valence-corrected chi connectivity index (χ2v) is 3.90. The Balaban J connectivity index is 2.52. The van der Waals surface area contributed by atoms with Crippen LogP contribution >= 0.6 is 0 Å². The molecular formula is C13H14N2O. The molecule has 0 bridgehead atoms. The zero-order valence-corrected chi connectivity index (χ0v) is 9.69. The van der Waals surface area contributed by atoms with E-state index in [0.29, 0.717) is 0 Å². The van der Waals surface area contributed by atoms with E-state index in [-0.39, 0.29) is 5.78 Å². The number of hydrogen-bond donors (Lipinski definition) is 0. The molecule has 0 aliphatic heterocycles. The number of carbonyl (C=O) groups is 1. The van der Waals surface area contributed by atoms with Gasteiger partial charge in [0.05, 0.1) is 6.20 Å². The molecule has 0 amide bonds. The van der Waals surface area contributed by atoms with Crippen molar-refractivity contribution in [1.82, 2.24) is 9.78 Å². The van der Waals surface area contributed by atoms with E-state index in [9.17, 15) is 4.79 Å². The topological polar surface area (TPSA) is 34.9 Å². The minimum Gasteiger partial charge on any atom is -0.295 e. The minimum atomic E-state index is 0.0865. The summed E-state index contributed by atoms with van der Waals surface area (Å²) in [4.78, 5) is 11.3. The average molecular weight is 214 g/mol. The van der Waals surface area contributed by atoms with Crippen LogP contribution < -0.4 is 0 Å². The van der Waals surface area contributed by atoms with Crippen LogP contribution in [0.5, 0.6) is 0 Å². The Morgan fingerprint density at radius 2 is 2.12 bits per heavy atom. The van der Waals surface area contributed by atoms with Crippen molar-refractivity contribution in [3.8, 4) is 11.1 Å². The maximum atomic E-state index is 11.3. The quantitative estimate of drug-likeness (QED) is 0.720. The van der Waals surface area contributed by atoms with Gasteiger partial charge in [-0.1, -0.05) is 18.2 Å². The molecule has 0 saturated carbocycles. The van der Waals surface area contributed by atoms with Crippen LogP contribution in [0.4, 0.5) is 0 Å². The molecule has 0 saturated heterocycles. The van der Waals surface area contributed by atoms with Gasteiger partial charge in [-0.05, 0) is 25.5 Å². The van der Waals surface area contributed by atoms with Gasteiger partial charge < -0.3 is 0 Å². The number of aromatic nitrogens is 2. The predicted octanol–water partition coefficient (Wildman–Crippen LogP) is 2.60. The number of nitrogens with zero attached hydrogens (tertiary/aromatic N) is 2. The standard InChI is InChI=1S/C13H14N2O/c1-9-13(8-14-15(9)3)12-6-4-5-11(7-12)10(2)16/h4-8H,1-3H3. The molecule has 0 unspecified atom stereocenters. The molecule has 0 spiro atoms. The third-order valence-electron chi connectivity index (χ3n) is 2.82. The highest BCUT2D eigenvalue weighted by Gasteiger charge is 2.07. The zero-order chi connectivity index (χ0) is 11.7. The predicted molar refractivity (Wildman–Crippen MR) is 63.4 cm³/mol. The van der Waals surface area contributed by atoms with E-state index in [0.717, 1.165) is 22.4 Å². The normalized spacial score (nSPS) is 10.4. The van der Waals surface area contributed by atoms with Gasteiger partial charge in [-0.3, -0.25) is 9.48 Å². The summed E-state index contributed by atoms with van der Waals surface area (Å²) in [6.07, 6.45) is 1.83. The van der Waals surface area contributed by atoms with Crippen LogP contribution in [0.1, 0.15) is 23.0 Å². The number of hydrogen-bond acceptors (Lipinski definition) is 2. The van der Waals surface area contributed by atoms with E-state index in [2.05, 4.69) is 5.10 Å². The number of ketones is 1. The van der Waals surface area contributed by atoms with Gasteiger partial charge in [0.1, 0.15) is 0 Å². The smallest absolute Gasteiger partial charge is 0.159 e. The molecule has 16 heavy (non-hydrogen) atoms. The van der Waals surface area contributed by atoms with Crippen molar-refractivity contribution in [2.75, 3.05) is 0 Å². The summed E-state index contributed by atoms with van der Waals surface area (Å²) in [5.41, 5.74) is 3.95. The van der Waals surface area contributed by atoms with Crippen LogP contribution in [0.15, 0.2) is 30.5 Å². The lowest BCUT2D eigenvalue weighted by molar-refractivity contribution is 0.101. The molecule has 2 rings (SSSR count). The maximum Gasteiger partial charge on any atom is 0.159 e. The van der Waals surface area contributed by atoms with Crippen LogP contribution in [0.2, 0.25) is 0 Å². The van der Waals surface area contributed by atoms with Crippen molar-refractivity contribution < 1.29 is 4.79 Å². The van der Waals surface area contributed by atoms with Crippen molar-refractivity contribution >= 4 is 5.78 Å². The monoisotopic (exact) mass is 214 g/mol. The Morgan fingerprint density at radius 1 is 1.38 bits per heavy atom. The first kappa shape index (κ1) is 10.6. The summed E-state index contributed by atoms with van der Waals surface area (Å²) in [6, 6.07) is 7.64. The zero-order valence-electron chi connectivity index (χ0n) is 9.69. The number of Topliss-reactive ketones (excluding diaryl/α,β-unsaturated/α-hetero) is 1. The van der Waals surface area contributed by atoms with E-state index in [1.165, 1.54) is 0 Å². The molecule has 0 atom stereocenters. The SMILES string of the molecule is CC(=O)c1cccc(-c2cnn(C)c2C)c1. The van der Waals surface area contributed by atoms with Gasteiger partial charge in [0.2, 0.25) is 0 Å². The fourth-order valence-corrected chi connectivity index (χ4v) is 1.69. The first-order chi connectivity index (χ1) is 7.59. The molecular weight excluding hydrogens is 200 g/mol. The summed E-state index contributed by atoms with van der Waals surface area (Å²) in [7, 11) is 1.91. The van der Waals surface area contributed by atoms with Crippen molar-refractivity contribution in [3.05, 3.63) is 41.7 Å². The molecule has 82 valence electrons. The third-order valence-corrected chi connectivity index (χ3v) is 2.82. The van der Waals surface area contributed by atoms with Crippen LogP contribution in [0.25, 0.3) is 11.1 Å². The van der Waals surface area contributed by atoms with Crippen LogP contribution in [0.3, 0.4) is 0 Å². The van der Waals surface area contributed by atoms with E-state index in [1.807, 2.05) is 49.1 Å². The molecule has 0 radical (unpaired) electrons. The second-order valence-electron chi connectivity index (χ2n) is 3.90. The molecule has 1 aromatic carbocycles. The molecule has 0 aliphatic rings. The highest BCUT2D eigenvalue weighted by Crippen LogP contribution is 2.23. The highest BCUT2D eigenvalue weighted by atomic mass is 16.1. The highest BCUT2D eigenvalue weighted by molar-refractivity contribution is 5.95. The Labute approximate surface area is 94.7 Å². The number of aryl methyl sites for hydroxylation is 1. The lowest BCUT2D eigenvalue weighted by atomic mass is 10.0. The molecule has 0 N–H and O–H groups in total. The summed E-state index contributed by atoms with van der Waals surface area (Å²) in [5.74, 6) is 0.0865. The largest absolute Gasteiger partial charge is 0.295 e. The van der Waals surface area contributed by atoms with Crippen molar-refractivity contribution in [2.24, 2.45) is 7.05 Å². The molecule has 3 heteroatoms. The maximum absolute atomic E-state index is 11.3. The summed E-state index contributed by atoms with van der Waals surface area (Å²) < 4.78 is 1.83. The van der Waals surface area contributed by atoms with Gasteiger partial charge in [-0.2, -0.15) is 5.10 Å². The Hall–Kier alpha value is -1.90. The fraction of sp³-hybridized carbons (Fsp3) is 0.231. The first-order valence-corrected chi connectivity index (χ1v) is 5.19. The number of benzene rings is 1. The lowest BCUT2D eigenvalue weighted by Crippen LogP contribution is -1.94. The van der Waals surface area contributed by atoms with Gasteiger partial charge in [0.15, 0.2) is 5.78 Å². The average Bonchev–Trinajstić information content (AvgIpc) is 2.60. The van der Waals surface area contributed by atoms with Gasteiger partial charge in [0, 0.05) is 23.9 Å². The second kappa shape index (κ2) is 3.93. The Bertz CT molecular complexity index is 541. The van der Waals surface area contributed by atoms with Crippen LogP contribution in [-0.4, -0.2) is 15.6 Å². The molecule has 0 fully saturated rings. The van der Waals surface area contributed by atoms with E-state index in [1.54, 1.807) is 6.92 Å². The third kappa shape index (κ3) is 1.76. The van der Waals surface area contributed by atoms with E-state index < -0.39 is 0 Å². The van der Waals surface area contributed by atoms with Crippen LogP contribution in [-0.2, 0) is 7.05 Å². The van der Waals surface area contributed by atoms with Crippen molar-refractivity contribution in [3.63, 3.8) is 0 Å². The Kier molecular flexibility index (Phi) is 2.60. The van der Waals surface area contributed by atoms with Gasteiger partial charge >= 0.3 is 0 Å². The minimum absolute atomic E-state index is 0.0865. The first-order valence-electron chi connectivity index (χ1n) is 5.19. The summed E-state index contributed by atoms with van der Waals surface area (Å²) >= 11 is 0. The summed E-state index contributed by atoms with van der Waals surface area (Å²) in [5, 5.41) is 4.20. The fourth-order valence-electron chi connectivity index (χ4n) is 1.69. The molecule has 1 heterocycles. The number of carbonyl (C=O) groups excluding carboxylic acids is 1. The van der Waals surface area contributed by atoms with E-state index in [4.69, 9.17) is 0 Å². The van der Waals surface area contributed by atoms with Crippen molar-refractivity contribution in [2.45, 2.75) is 13.8 Å². The molecule has 3 nitrogen and oxygen atoms in total. The van der Waals surface area contributed by atoms with Gasteiger partial charge in [-0.15, -0.1) is 0 Å². The molecule has 2 aromatic rings. The van der Waals surface area contributed by atoms with Gasteiger partial charge in [0.25, 0.3) is 0 Å². The Morgan fingerprint density at radius 3 is 2.69 bits per heavy atom. The van der Waals surface area contributed by atoms with Crippen LogP contribution in [0, 0.1) is 6.92 Å². The van der Waals surface area contributed by atoms with Gasteiger partial charge in [-0.25, -0.2) is 0 Å². The lowest BCUT2D eigenvalue weighted by Gasteiger charge is -2.02.